The first-order valence-electron chi connectivity index (χ1n) is 11.6. The van der Waals surface area contributed by atoms with Gasteiger partial charge in [-0.15, -0.1) is 0 Å². The van der Waals surface area contributed by atoms with Crippen LogP contribution in [0.2, 0.25) is 0 Å². The van der Waals surface area contributed by atoms with Crippen LogP contribution in [0.3, 0.4) is 0 Å². The molecule has 1 unspecified atom stereocenters. The molecule has 1 aliphatic rings. The van der Waals surface area contributed by atoms with Gasteiger partial charge in [-0.3, -0.25) is 0 Å². The van der Waals surface area contributed by atoms with Crippen molar-refractivity contribution in [3.63, 3.8) is 0 Å². The number of nitrogens with zero attached hydrogens (tertiary/aromatic N) is 1. The second kappa shape index (κ2) is 8.18. The van der Waals surface area contributed by atoms with E-state index in [0.717, 1.165) is 5.56 Å². The van der Waals surface area contributed by atoms with Gasteiger partial charge in [0.05, 0.1) is 11.6 Å². The highest BCUT2D eigenvalue weighted by Gasteiger charge is 2.33. The maximum absolute atomic E-state index is 9.24. The summed E-state index contributed by atoms with van der Waals surface area (Å²) in [4.78, 5) is 0. The first-order chi connectivity index (χ1) is 16.7. The number of nitriles is 1. The molecule has 0 saturated heterocycles. The van der Waals surface area contributed by atoms with E-state index < -0.39 is 0 Å². The zero-order valence-corrected chi connectivity index (χ0v) is 19.0. The van der Waals surface area contributed by atoms with E-state index in [2.05, 4.69) is 116 Å². The fourth-order valence-corrected chi connectivity index (χ4v) is 5.26. The van der Waals surface area contributed by atoms with Gasteiger partial charge >= 0.3 is 0 Å². The fraction of sp³-hybridized carbons (Fsp3) is 0.0606. The first-order valence-corrected chi connectivity index (χ1v) is 11.6. The third kappa shape index (κ3) is 3.33. The van der Waals surface area contributed by atoms with E-state index in [1.165, 1.54) is 50.1 Å². The van der Waals surface area contributed by atoms with Gasteiger partial charge in [0.1, 0.15) is 0 Å². The highest BCUT2D eigenvalue weighted by atomic mass is 14.4. The normalized spacial score (nSPS) is 13.7. The molecule has 0 radical (unpaired) electrons. The Kier molecular flexibility index (Phi) is 4.86. The molecule has 6 rings (SSSR count). The van der Waals surface area contributed by atoms with Crippen molar-refractivity contribution in [2.45, 2.75) is 12.8 Å². The minimum absolute atomic E-state index is 0.191. The third-order valence-electron chi connectivity index (χ3n) is 6.84. The van der Waals surface area contributed by atoms with Crippen molar-refractivity contribution in [3.05, 3.63) is 143 Å². The number of rotatable bonds is 3. The summed E-state index contributed by atoms with van der Waals surface area (Å²) in [6.45, 7) is 2.17. The van der Waals surface area contributed by atoms with Crippen LogP contribution in [0.25, 0.3) is 33.4 Å². The van der Waals surface area contributed by atoms with E-state index in [-0.39, 0.29) is 5.92 Å². The molecule has 0 bridgehead atoms. The zero-order chi connectivity index (χ0) is 23.1. The molecule has 0 N–H and O–H groups in total. The Morgan fingerprint density at radius 1 is 0.588 bits per heavy atom. The lowest BCUT2D eigenvalue weighted by Crippen LogP contribution is -2.02. The molecule has 1 aliphatic carbocycles. The highest BCUT2D eigenvalue weighted by Crippen LogP contribution is 2.53. The Bertz CT molecular complexity index is 1540. The molecule has 0 fully saturated rings. The van der Waals surface area contributed by atoms with Crippen LogP contribution >= 0.6 is 0 Å². The Balaban J connectivity index is 1.67. The molecule has 34 heavy (non-hydrogen) atoms. The topological polar surface area (TPSA) is 23.8 Å². The molecule has 5 aromatic rings. The largest absolute Gasteiger partial charge is 0.192 e. The van der Waals surface area contributed by atoms with E-state index in [1.807, 2.05) is 12.1 Å². The molecule has 0 spiro atoms. The molecule has 0 heterocycles. The summed E-state index contributed by atoms with van der Waals surface area (Å²) in [7, 11) is 0. The average molecular weight is 434 g/mol. The lowest BCUT2D eigenvalue weighted by atomic mass is 9.83. The van der Waals surface area contributed by atoms with E-state index >= 15 is 0 Å². The number of hydrogen-bond acceptors (Lipinski definition) is 1. The van der Waals surface area contributed by atoms with Gasteiger partial charge in [0.25, 0.3) is 0 Å². The SMILES string of the molecule is Cc1ccc2c(c1)C(c1ccccc1)c1c(-c3ccccc3)cc(-c3ccc(C#N)cc3)cc1-2. The summed E-state index contributed by atoms with van der Waals surface area (Å²) in [5.74, 6) is 0.191. The number of benzene rings is 5. The third-order valence-corrected chi connectivity index (χ3v) is 6.84. The molecule has 1 nitrogen and oxygen atoms in total. The molecule has 160 valence electrons. The summed E-state index contributed by atoms with van der Waals surface area (Å²) < 4.78 is 0. The molecule has 5 aromatic carbocycles. The summed E-state index contributed by atoms with van der Waals surface area (Å²) in [5.41, 5.74) is 13.4. The molecular weight excluding hydrogens is 410 g/mol. The first kappa shape index (κ1) is 20.2. The van der Waals surface area contributed by atoms with Crippen molar-refractivity contribution >= 4 is 0 Å². The predicted octanol–water partition coefficient (Wildman–Crippen LogP) is 8.36. The van der Waals surface area contributed by atoms with Gasteiger partial charge in [-0.2, -0.15) is 5.26 Å². The molecule has 0 amide bonds. The Hall–Kier alpha value is -4.41. The molecule has 1 heteroatoms. The van der Waals surface area contributed by atoms with Crippen LogP contribution in [-0.4, -0.2) is 0 Å². The molecule has 0 aliphatic heterocycles. The Morgan fingerprint density at radius 3 is 1.97 bits per heavy atom. The van der Waals surface area contributed by atoms with Crippen LogP contribution in [-0.2, 0) is 0 Å². The average Bonchev–Trinajstić information content (AvgIpc) is 3.22. The molecule has 0 saturated carbocycles. The van der Waals surface area contributed by atoms with Gasteiger partial charge in [-0.1, -0.05) is 96.6 Å². The van der Waals surface area contributed by atoms with Gasteiger partial charge < -0.3 is 0 Å². The monoisotopic (exact) mass is 433 g/mol. The number of fused-ring (bicyclic) bond motifs is 3. The molecular formula is C33H23N. The fourth-order valence-electron chi connectivity index (χ4n) is 5.26. The van der Waals surface area contributed by atoms with Crippen molar-refractivity contribution in [2.75, 3.05) is 0 Å². The minimum atomic E-state index is 0.191. The maximum Gasteiger partial charge on any atom is 0.0991 e. The summed E-state index contributed by atoms with van der Waals surface area (Å²) >= 11 is 0. The van der Waals surface area contributed by atoms with Crippen LogP contribution in [0.4, 0.5) is 0 Å². The smallest absolute Gasteiger partial charge is 0.0991 e. The van der Waals surface area contributed by atoms with Crippen LogP contribution in [0, 0.1) is 18.3 Å². The summed E-state index contributed by atoms with van der Waals surface area (Å²) in [6.07, 6.45) is 0. The van der Waals surface area contributed by atoms with Crippen molar-refractivity contribution in [1.29, 1.82) is 5.26 Å². The Labute approximate surface area is 200 Å². The van der Waals surface area contributed by atoms with Gasteiger partial charge in [0, 0.05) is 5.92 Å². The standard InChI is InChI=1S/C33H23N/c1-22-12-17-28-30(18-22)32(26-10-6-3-7-11-26)33-29(25-8-4-2-5-9-25)19-27(20-31(28)33)24-15-13-23(21-34)14-16-24/h2-20,32H,1H3. The van der Waals surface area contributed by atoms with Gasteiger partial charge in [-0.05, 0) is 81.3 Å². The van der Waals surface area contributed by atoms with Gasteiger partial charge in [0.15, 0.2) is 0 Å². The van der Waals surface area contributed by atoms with Crippen molar-refractivity contribution in [3.8, 4) is 39.4 Å². The van der Waals surface area contributed by atoms with Crippen LogP contribution in [0.1, 0.15) is 33.7 Å². The summed E-state index contributed by atoms with van der Waals surface area (Å²) in [5, 5.41) is 9.24. The van der Waals surface area contributed by atoms with Crippen LogP contribution in [0.5, 0.6) is 0 Å². The second-order valence-corrected chi connectivity index (χ2v) is 8.97. The maximum atomic E-state index is 9.24. The van der Waals surface area contributed by atoms with Gasteiger partial charge in [-0.25, -0.2) is 0 Å². The second-order valence-electron chi connectivity index (χ2n) is 8.97. The predicted molar refractivity (Wildman–Crippen MR) is 140 cm³/mol. The number of hydrogen-bond donors (Lipinski definition) is 0. The van der Waals surface area contributed by atoms with Crippen molar-refractivity contribution < 1.29 is 0 Å². The van der Waals surface area contributed by atoms with E-state index in [1.54, 1.807) is 0 Å². The van der Waals surface area contributed by atoms with Gasteiger partial charge in [0.2, 0.25) is 0 Å². The lowest BCUT2D eigenvalue weighted by Gasteiger charge is -2.20. The van der Waals surface area contributed by atoms with E-state index in [0.29, 0.717) is 5.56 Å². The van der Waals surface area contributed by atoms with Crippen LogP contribution < -0.4 is 0 Å². The summed E-state index contributed by atoms with van der Waals surface area (Å²) in [6, 6.07) is 43.2. The van der Waals surface area contributed by atoms with Crippen molar-refractivity contribution in [2.24, 2.45) is 0 Å². The Morgan fingerprint density at radius 2 is 1.26 bits per heavy atom. The zero-order valence-electron chi connectivity index (χ0n) is 19.0. The van der Waals surface area contributed by atoms with E-state index in [4.69, 9.17) is 0 Å². The lowest BCUT2D eigenvalue weighted by molar-refractivity contribution is 1.01. The quantitative estimate of drug-likeness (QED) is 0.275. The number of aryl methyl sites for hydroxylation is 1. The minimum Gasteiger partial charge on any atom is -0.192 e. The molecule has 0 aromatic heterocycles. The van der Waals surface area contributed by atoms with Crippen LogP contribution in [0.15, 0.2) is 115 Å². The van der Waals surface area contributed by atoms with Crippen molar-refractivity contribution in [1.82, 2.24) is 0 Å². The highest BCUT2D eigenvalue weighted by molar-refractivity contribution is 5.92. The van der Waals surface area contributed by atoms with E-state index in [9.17, 15) is 5.26 Å². The molecule has 1 atom stereocenters.